The molecule has 4 aromatic rings. The van der Waals surface area contributed by atoms with Crippen molar-refractivity contribution >= 4 is 5.65 Å². The SMILES string of the molecule is C[C@H]1CCCN(Cc2cc(C(F)(F)F)c3ncc(-c4cccc([C@]5(c6nncn6C)C[C@@H](C)C5)c4)c(=O)n3c2)C1. The Morgan fingerprint density at radius 1 is 1.12 bits per heavy atom. The summed E-state index contributed by atoms with van der Waals surface area (Å²) < 4.78 is 45.4. The molecule has 4 heterocycles. The molecule has 210 valence electrons. The van der Waals surface area contributed by atoms with E-state index in [1.807, 2.05) is 35.9 Å². The minimum Gasteiger partial charge on any atom is -0.320 e. The molecule has 1 aromatic carbocycles. The average Bonchev–Trinajstić information content (AvgIpc) is 3.32. The lowest BCUT2D eigenvalue weighted by atomic mass is 9.58. The Balaban J connectivity index is 1.45. The first-order valence-electron chi connectivity index (χ1n) is 13.8. The van der Waals surface area contributed by atoms with Crippen LogP contribution in [0.4, 0.5) is 13.2 Å². The van der Waals surface area contributed by atoms with Gasteiger partial charge in [0.15, 0.2) is 5.65 Å². The van der Waals surface area contributed by atoms with Crippen LogP contribution in [0.25, 0.3) is 16.8 Å². The van der Waals surface area contributed by atoms with Crippen molar-refractivity contribution in [3.05, 3.63) is 81.9 Å². The van der Waals surface area contributed by atoms with Gasteiger partial charge in [-0.05, 0) is 72.9 Å². The lowest BCUT2D eigenvalue weighted by Crippen LogP contribution is -2.43. The van der Waals surface area contributed by atoms with Crippen molar-refractivity contribution in [1.82, 2.24) is 29.0 Å². The molecule has 1 aliphatic carbocycles. The van der Waals surface area contributed by atoms with Crippen LogP contribution in [0.15, 0.2) is 53.8 Å². The molecule has 0 amide bonds. The predicted molar refractivity (Wildman–Crippen MR) is 146 cm³/mol. The molecular formula is C30H33F3N6O. The fourth-order valence-electron chi connectivity index (χ4n) is 6.80. The van der Waals surface area contributed by atoms with E-state index >= 15 is 0 Å². The van der Waals surface area contributed by atoms with Crippen molar-refractivity contribution < 1.29 is 13.2 Å². The van der Waals surface area contributed by atoms with Crippen LogP contribution in [-0.2, 0) is 25.2 Å². The molecule has 3 aromatic heterocycles. The standard InChI is InChI=1S/C30H33F3N6O/c1-19-6-5-9-38(15-19)16-21-10-25(30(31,32)33)26-34-14-24(27(40)39(26)17-21)22-7-4-8-23(11-22)29(12-20(2)13-29)28-36-35-18-37(28)3/h4,7-8,10-11,14,17-20H,5-6,9,12-13,15-16H2,1-3H3/t19-,20-,29+/m0/s1. The predicted octanol–water partition coefficient (Wildman–Crippen LogP) is 5.46. The summed E-state index contributed by atoms with van der Waals surface area (Å²) in [5.41, 5.74) is 0.223. The van der Waals surface area contributed by atoms with Crippen LogP contribution in [-0.4, -0.2) is 42.1 Å². The van der Waals surface area contributed by atoms with Gasteiger partial charge in [-0.1, -0.05) is 32.0 Å². The van der Waals surface area contributed by atoms with Gasteiger partial charge in [0.2, 0.25) is 0 Å². The summed E-state index contributed by atoms with van der Waals surface area (Å²) in [7, 11) is 1.92. The molecule has 2 fully saturated rings. The number of pyridine rings is 1. The van der Waals surface area contributed by atoms with Gasteiger partial charge >= 0.3 is 6.18 Å². The maximum Gasteiger partial charge on any atom is 0.419 e. The molecule has 0 spiro atoms. The highest BCUT2D eigenvalue weighted by Crippen LogP contribution is 2.51. The van der Waals surface area contributed by atoms with Crippen molar-refractivity contribution in [3.8, 4) is 11.1 Å². The number of hydrogen-bond acceptors (Lipinski definition) is 5. The Hall–Kier alpha value is -3.53. The molecule has 2 aliphatic rings. The molecule has 1 saturated carbocycles. The number of piperidine rings is 1. The smallest absolute Gasteiger partial charge is 0.320 e. The third-order valence-corrected chi connectivity index (χ3v) is 8.57. The topological polar surface area (TPSA) is 68.3 Å². The third-order valence-electron chi connectivity index (χ3n) is 8.57. The molecule has 40 heavy (non-hydrogen) atoms. The normalized spacial score (nSPS) is 23.9. The Kier molecular flexibility index (Phi) is 6.56. The molecule has 0 N–H and O–H groups in total. The largest absolute Gasteiger partial charge is 0.419 e. The van der Waals surface area contributed by atoms with Gasteiger partial charge < -0.3 is 4.57 Å². The summed E-state index contributed by atoms with van der Waals surface area (Å²) >= 11 is 0. The molecule has 0 radical (unpaired) electrons. The van der Waals surface area contributed by atoms with E-state index in [-0.39, 0.29) is 16.6 Å². The molecule has 6 rings (SSSR count). The van der Waals surface area contributed by atoms with Crippen molar-refractivity contribution in [3.63, 3.8) is 0 Å². The molecular weight excluding hydrogens is 517 g/mol. The maximum atomic E-state index is 14.1. The second-order valence-electron chi connectivity index (χ2n) is 11.9. The van der Waals surface area contributed by atoms with Gasteiger partial charge in [0.25, 0.3) is 5.56 Å². The van der Waals surface area contributed by atoms with Crippen molar-refractivity contribution in [1.29, 1.82) is 0 Å². The number of nitrogens with zero attached hydrogens (tertiary/aromatic N) is 6. The number of aromatic nitrogens is 5. The van der Waals surface area contributed by atoms with E-state index in [9.17, 15) is 18.0 Å². The van der Waals surface area contributed by atoms with E-state index in [1.165, 1.54) is 12.4 Å². The zero-order chi connectivity index (χ0) is 28.2. The molecule has 7 nitrogen and oxygen atoms in total. The molecule has 1 atom stereocenters. The van der Waals surface area contributed by atoms with Gasteiger partial charge in [-0.3, -0.25) is 14.1 Å². The van der Waals surface area contributed by atoms with Gasteiger partial charge in [-0.15, -0.1) is 10.2 Å². The first-order chi connectivity index (χ1) is 19.0. The van der Waals surface area contributed by atoms with Crippen LogP contribution in [0.3, 0.4) is 0 Å². The summed E-state index contributed by atoms with van der Waals surface area (Å²) in [6, 6.07) is 8.81. The highest BCUT2D eigenvalue weighted by Gasteiger charge is 2.48. The van der Waals surface area contributed by atoms with E-state index < -0.39 is 17.3 Å². The van der Waals surface area contributed by atoms with Gasteiger partial charge in [0.05, 0.1) is 16.5 Å². The lowest BCUT2D eigenvalue weighted by molar-refractivity contribution is -0.136. The van der Waals surface area contributed by atoms with Crippen LogP contribution < -0.4 is 5.56 Å². The Bertz CT molecular complexity index is 1620. The monoisotopic (exact) mass is 550 g/mol. The van der Waals surface area contributed by atoms with Crippen LogP contribution in [0.1, 0.15) is 62.0 Å². The summed E-state index contributed by atoms with van der Waals surface area (Å²) in [6.07, 6.45) is 3.77. The molecule has 1 saturated heterocycles. The quantitative estimate of drug-likeness (QED) is 0.330. The minimum absolute atomic E-state index is 0.261. The molecule has 0 unspecified atom stereocenters. The first-order valence-corrected chi connectivity index (χ1v) is 13.8. The second-order valence-corrected chi connectivity index (χ2v) is 11.9. The van der Waals surface area contributed by atoms with E-state index in [0.717, 1.165) is 60.6 Å². The second kappa shape index (κ2) is 9.83. The minimum atomic E-state index is -4.64. The fraction of sp³-hybridized carbons (Fsp3) is 0.467. The number of alkyl halides is 3. The van der Waals surface area contributed by atoms with Gasteiger partial charge in [-0.25, -0.2) is 4.98 Å². The Morgan fingerprint density at radius 3 is 2.60 bits per heavy atom. The van der Waals surface area contributed by atoms with Gasteiger partial charge in [-0.2, -0.15) is 13.2 Å². The summed E-state index contributed by atoms with van der Waals surface area (Å²) in [6.45, 7) is 6.36. The van der Waals surface area contributed by atoms with E-state index in [4.69, 9.17) is 0 Å². The van der Waals surface area contributed by atoms with E-state index in [2.05, 4.69) is 33.9 Å². The Morgan fingerprint density at radius 2 is 1.93 bits per heavy atom. The molecule has 10 heteroatoms. The van der Waals surface area contributed by atoms with Crippen LogP contribution in [0.5, 0.6) is 0 Å². The zero-order valence-corrected chi connectivity index (χ0v) is 22.9. The summed E-state index contributed by atoms with van der Waals surface area (Å²) in [5.74, 6) is 1.86. The van der Waals surface area contributed by atoms with E-state index in [1.54, 1.807) is 6.33 Å². The first kappa shape index (κ1) is 26.7. The number of likely N-dealkylation sites (tertiary alicyclic amines) is 1. The van der Waals surface area contributed by atoms with Crippen molar-refractivity contribution in [2.45, 2.75) is 57.7 Å². The van der Waals surface area contributed by atoms with Crippen LogP contribution >= 0.6 is 0 Å². The number of benzene rings is 1. The number of halogens is 3. The van der Waals surface area contributed by atoms with Crippen molar-refractivity contribution in [2.24, 2.45) is 18.9 Å². The average molecular weight is 551 g/mol. The highest BCUT2D eigenvalue weighted by atomic mass is 19.4. The molecule has 1 aliphatic heterocycles. The summed E-state index contributed by atoms with van der Waals surface area (Å²) in [4.78, 5) is 20.1. The summed E-state index contributed by atoms with van der Waals surface area (Å²) in [5, 5.41) is 8.49. The number of rotatable bonds is 5. The van der Waals surface area contributed by atoms with Crippen LogP contribution in [0, 0.1) is 11.8 Å². The van der Waals surface area contributed by atoms with Crippen molar-refractivity contribution in [2.75, 3.05) is 13.1 Å². The lowest BCUT2D eigenvalue weighted by Gasteiger charge is -2.46. The van der Waals surface area contributed by atoms with Gasteiger partial charge in [0, 0.05) is 32.5 Å². The van der Waals surface area contributed by atoms with E-state index in [0.29, 0.717) is 29.5 Å². The highest BCUT2D eigenvalue weighted by molar-refractivity contribution is 5.66. The maximum absolute atomic E-state index is 14.1. The molecule has 0 bridgehead atoms. The number of aryl methyl sites for hydroxylation is 1. The Labute approximate surface area is 230 Å². The zero-order valence-electron chi connectivity index (χ0n) is 22.9. The third kappa shape index (κ3) is 4.62. The number of fused-ring (bicyclic) bond motifs is 1. The number of hydrogen-bond donors (Lipinski definition) is 0. The van der Waals surface area contributed by atoms with Crippen LogP contribution in [0.2, 0.25) is 0 Å². The van der Waals surface area contributed by atoms with Gasteiger partial charge in [0.1, 0.15) is 12.2 Å². The fourth-order valence-corrected chi connectivity index (χ4v) is 6.80.